The smallest absolute Gasteiger partial charge is 0.255 e. The van der Waals surface area contributed by atoms with E-state index in [9.17, 15) is 4.79 Å². The van der Waals surface area contributed by atoms with Crippen LogP contribution in [-0.4, -0.2) is 23.8 Å². The number of nitrogens with zero attached hydrogens (tertiary/aromatic N) is 1. The SMILES string of the molecule is COC(C(=O)NCc1ccc(C(=N)N)cc1)c1ccccn1.Cl. The highest BCUT2D eigenvalue weighted by Crippen LogP contribution is 2.14. The van der Waals surface area contributed by atoms with Crippen LogP contribution < -0.4 is 11.1 Å². The number of aromatic nitrogens is 1. The van der Waals surface area contributed by atoms with E-state index in [2.05, 4.69) is 10.3 Å². The number of benzene rings is 1. The molecule has 7 heteroatoms. The summed E-state index contributed by atoms with van der Waals surface area (Å²) in [6.45, 7) is 0.365. The highest BCUT2D eigenvalue weighted by Gasteiger charge is 2.20. The van der Waals surface area contributed by atoms with Crippen LogP contribution in [0.1, 0.15) is 22.9 Å². The van der Waals surface area contributed by atoms with E-state index in [1.54, 1.807) is 30.5 Å². The Kier molecular flexibility index (Phi) is 7.18. The van der Waals surface area contributed by atoms with Gasteiger partial charge in [-0.3, -0.25) is 15.2 Å². The van der Waals surface area contributed by atoms with Crippen LogP contribution in [0.3, 0.4) is 0 Å². The molecule has 4 N–H and O–H groups in total. The molecule has 0 fully saturated rings. The minimum absolute atomic E-state index is 0. The molecule has 0 bridgehead atoms. The summed E-state index contributed by atoms with van der Waals surface area (Å²) in [5, 5.41) is 10.1. The average molecular weight is 335 g/mol. The minimum atomic E-state index is -0.738. The van der Waals surface area contributed by atoms with Gasteiger partial charge in [0.1, 0.15) is 5.84 Å². The third-order valence-electron chi connectivity index (χ3n) is 3.16. The molecule has 1 aromatic heterocycles. The molecule has 0 aliphatic heterocycles. The van der Waals surface area contributed by atoms with E-state index in [1.165, 1.54) is 7.11 Å². The topological polar surface area (TPSA) is 101 Å². The number of carbonyl (C=O) groups excluding carboxylic acids is 1. The quantitative estimate of drug-likeness (QED) is 0.553. The van der Waals surface area contributed by atoms with Gasteiger partial charge in [0.05, 0.1) is 5.69 Å². The number of hydrogen-bond acceptors (Lipinski definition) is 4. The van der Waals surface area contributed by atoms with Gasteiger partial charge < -0.3 is 15.8 Å². The Labute approximate surface area is 141 Å². The van der Waals surface area contributed by atoms with Gasteiger partial charge in [-0.05, 0) is 17.7 Å². The van der Waals surface area contributed by atoms with Crippen LogP contribution in [0.5, 0.6) is 0 Å². The van der Waals surface area contributed by atoms with Crippen molar-refractivity contribution in [2.24, 2.45) is 5.73 Å². The number of nitrogens with one attached hydrogen (secondary N) is 2. The van der Waals surface area contributed by atoms with E-state index < -0.39 is 6.10 Å². The molecule has 0 aliphatic carbocycles. The van der Waals surface area contributed by atoms with Gasteiger partial charge in [-0.2, -0.15) is 0 Å². The summed E-state index contributed by atoms with van der Waals surface area (Å²) in [5.41, 5.74) is 7.53. The number of carbonyl (C=O) groups is 1. The lowest BCUT2D eigenvalue weighted by atomic mass is 10.1. The normalized spacial score (nSPS) is 11.2. The second-order valence-corrected chi connectivity index (χ2v) is 4.70. The maximum Gasteiger partial charge on any atom is 0.255 e. The van der Waals surface area contributed by atoms with E-state index in [-0.39, 0.29) is 24.1 Å². The Morgan fingerprint density at radius 3 is 2.52 bits per heavy atom. The molecule has 1 unspecified atom stereocenters. The number of amides is 1. The van der Waals surface area contributed by atoms with Gasteiger partial charge in [-0.25, -0.2) is 0 Å². The van der Waals surface area contributed by atoms with Crippen LogP contribution in [0.15, 0.2) is 48.7 Å². The van der Waals surface area contributed by atoms with Gasteiger partial charge in [-0.1, -0.05) is 30.3 Å². The molecule has 1 heterocycles. The minimum Gasteiger partial charge on any atom is -0.384 e. The summed E-state index contributed by atoms with van der Waals surface area (Å²) < 4.78 is 5.22. The van der Waals surface area contributed by atoms with E-state index >= 15 is 0 Å². The molecule has 6 nitrogen and oxygen atoms in total. The molecule has 0 spiro atoms. The Bertz CT molecular complexity index is 647. The fourth-order valence-corrected chi connectivity index (χ4v) is 1.98. The van der Waals surface area contributed by atoms with Crippen LogP contribution in [0.25, 0.3) is 0 Å². The summed E-state index contributed by atoms with van der Waals surface area (Å²) in [7, 11) is 1.47. The zero-order chi connectivity index (χ0) is 15.9. The second kappa shape index (κ2) is 8.87. The molecular weight excluding hydrogens is 316 g/mol. The maximum absolute atomic E-state index is 12.2. The standard InChI is InChI=1S/C16H18N4O2.ClH/c1-22-14(13-4-2-3-9-19-13)16(21)20-10-11-5-7-12(8-6-11)15(17)18;/h2-9,14H,10H2,1H3,(H3,17,18)(H,20,21);1H. The number of rotatable bonds is 6. The fraction of sp³-hybridized carbons (Fsp3) is 0.188. The van der Waals surface area contributed by atoms with Crippen molar-refractivity contribution in [3.05, 3.63) is 65.5 Å². The molecule has 2 aromatic rings. The molecule has 1 aromatic carbocycles. The van der Waals surface area contributed by atoms with Gasteiger partial charge in [0.2, 0.25) is 0 Å². The van der Waals surface area contributed by atoms with Crippen molar-refractivity contribution in [2.45, 2.75) is 12.6 Å². The zero-order valence-corrected chi connectivity index (χ0v) is 13.5. The summed E-state index contributed by atoms with van der Waals surface area (Å²) in [4.78, 5) is 16.3. The molecule has 122 valence electrons. The number of nitrogens with two attached hydrogens (primary N) is 1. The monoisotopic (exact) mass is 334 g/mol. The van der Waals surface area contributed by atoms with Gasteiger partial charge in [-0.15, -0.1) is 12.4 Å². The lowest BCUT2D eigenvalue weighted by Crippen LogP contribution is -2.30. The number of ether oxygens (including phenoxy) is 1. The Morgan fingerprint density at radius 1 is 1.30 bits per heavy atom. The first-order chi connectivity index (χ1) is 10.6. The molecule has 2 rings (SSSR count). The third-order valence-corrected chi connectivity index (χ3v) is 3.16. The van der Waals surface area contributed by atoms with Crippen molar-refractivity contribution in [1.29, 1.82) is 5.41 Å². The zero-order valence-electron chi connectivity index (χ0n) is 12.7. The van der Waals surface area contributed by atoms with E-state index in [4.69, 9.17) is 15.9 Å². The number of halogens is 1. The van der Waals surface area contributed by atoms with Crippen molar-refractivity contribution < 1.29 is 9.53 Å². The van der Waals surface area contributed by atoms with Crippen LogP contribution in [-0.2, 0) is 16.1 Å². The highest BCUT2D eigenvalue weighted by molar-refractivity contribution is 5.94. The van der Waals surface area contributed by atoms with Crippen LogP contribution in [0.4, 0.5) is 0 Å². The average Bonchev–Trinajstić information content (AvgIpc) is 2.55. The summed E-state index contributed by atoms with van der Waals surface area (Å²) >= 11 is 0. The number of amidine groups is 1. The van der Waals surface area contributed by atoms with Crippen LogP contribution in [0.2, 0.25) is 0 Å². The third kappa shape index (κ3) is 5.05. The second-order valence-electron chi connectivity index (χ2n) is 4.70. The summed E-state index contributed by atoms with van der Waals surface area (Å²) in [6, 6.07) is 12.5. The Morgan fingerprint density at radius 2 is 2.00 bits per heavy atom. The fourth-order valence-electron chi connectivity index (χ4n) is 1.98. The molecule has 1 atom stereocenters. The van der Waals surface area contributed by atoms with Crippen molar-refractivity contribution in [3.63, 3.8) is 0 Å². The van der Waals surface area contributed by atoms with E-state index in [0.29, 0.717) is 17.8 Å². The van der Waals surface area contributed by atoms with E-state index in [0.717, 1.165) is 5.56 Å². The highest BCUT2D eigenvalue weighted by atomic mass is 35.5. The Balaban J connectivity index is 0.00000264. The number of pyridine rings is 1. The lowest BCUT2D eigenvalue weighted by Gasteiger charge is -2.14. The summed E-state index contributed by atoms with van der Waals surface area (Å²) in [5.74, 6) is -0.234. The van der Waals surface area contributed by atoms with Crippen molar-refractivity contribution in [1.82, 2.24) is 10.3 Å². The number of nitrogen functional groups attached to an aromatic ring is 1. The van der Waals surface area contributed by atoms with Crippen molar-refractivity contribution in [2.75, 3.05) is 7.11 Å². The first-order valence-electron chi connectivity index (χ1n) is 6.76. The maximum atomic E-state index is 12.2. The van der Waals surface area contributed by atoms with Gasteiger partial charge in [0, 0.05) is 25.4 Å². The molecule has 0 saturated carbocycles. The predicted octanol–water partition coefficient (Wildman–Crippen LogP) is 1.79. The van der Waals surface area contributed by atoms with Crippen LogP contribution in [0, 0.1) is 5.41 Å². The lowest BCUT2D eigenvalue weighted by molar-refractivity contribution is -0.131. The van der Waals surface area contributed by atoms with Crippen molar-refractivity contribution >= 4 is 24.1 Å². The predicted molar refractivity (Wildman–Crippen MR) is 90.5 cm³/mol. The van der Waals surface area contributed by atoms with Crippen LogP contribution >= 0.6 is 12.4 Å². The summed E-state index contributed by atoms with van der Waals surface area (Å²) in [6.07, 6.45) is 0.882. The first kappa shape index (κ1) is 18.6. The van der Waals surface area contributed by atoms with Crippen molar-refractivity contribution in [3.8, 4) is 0 Å². The number of hydrogen-bond donors (Lipinski definition) is 3. The first-order valence-corrected chi connectivity index (χ1v) is 6.76. The van der Waals surface area contributed by atoms with Gasteiger partial charge in [0.15, 0.2) is 6.10 Å². The Hall–Kier alpha value is -2.44. The molecule has 23 heavy (non-hydrogen) atoms. The molecular formula is C16H19ClN4O2. The largest absolute Gasteiger partial charge is 0.384 e. The molecule has 1 amide bonds. The van der Waals surface area contributed by atoms with Gasteiger partial charge in [0.25, 0.3) is 5.91 Å². The molecule has 0 saturated heterocycles. The molecule has 0 aliphatic rings. The van der Waals surface area contributed by atoms with Gasteiger partial charge >= 0.3 is 0 Å². The van der Waals surface area contributed by atoms with E-state index in [1.807, 2.05) is 18.2 Å². The molecule has 0 radical (unpaired) electrons. The number of methoxy groups -OCH3 is 1.